The maximum Gasteiger partial charge on any atom is 0.271 e. The minimum atomic E-state index is 0.478. The van der Waals surface area contributed by atoms with E-state index in [0.29, 0.717) is 16.9 Å². The highest BCUT2D eigenvalue weighted by atomic mass is 32.2. The van der Waals surface area contributed by atoms with E-state index in [-0.39, 0.29) is 0 Å². The summed E-state index contributed by atoms with van der Waals surface area (Å²) in [6, 6.07) is 7.64. The van der Waals surface area contributed by atoms with Crippen LogP contribution in [0.4, 0.5) is 0 Å². The Balaban J connectivity index is 1.82. The lowest BCUT2D eigenvalue weighted by atomic mass is 10.2. The third-order valence-electron chi connectivity index (χ3n) is 3.69. The summed E-state index contributed by atoms with van der Waals surface area (Å²) in [5.74, 6) is 8.81. The van der Waals surface area contributed by atoms with Gasteiger partial charge in [0.15, 0.2) is 0 Å². The van der Waals surface area contributed by atoms with E-state index >= 15 is 0 Å². The van der Waals surface area contributed by atoms with Crippen molar-refractivity contribution in [3.63, 3.8) is 0 Å². The molecule has 0 aliphatic carbocycles. The highest BCUT2D eigenvalue weighted by Crippen LogP contribution is 2.30. The maximum absolute atomic E-state index is 6.16. The summed E-state index contributed by atoms with van der Waals surface area (Å²) in [6.07, 6.45) is 0. The summed E-state index contributed by atoms with van der Waals surface area (Å²) >= 11 is 1.46. The number of ether oxygens (including phenoxy) is 2. The lowest BCUT2D eigenvalue weighted by Crippen LogP contribution is -2.17. The zero-order chi connectivity index (χ0) is 18.0. The SMILES string of the molecule is COc1ccc(OC)c(CSc2nnc(-n3nc(C)cc3C)n2N)c1. The molecule has 3 aromatic rings. The Kier molecular flexibility index (Phi) is 4.84. The van der Waals surface area contributed by atoms with Gasteiger partial charge in [-0.2, -0.15) is 5.10 Å². The van der Waals surface area contributed by atoms with Gasteiger partial charge < -0.3 is 15.3 Å². The van der Waals surface area contributed by atoms with E-state index < -0.39 is 0 Å². The van der Waals surface area contributed by atoms with Crippen molar-refractivity contribution in [3.05, 3.63) is 41.2 Å². The van der Waals surface area contributed by atoms with Crippen molar-refractivity contribution in [2.75, 3.05) is 20.1 Å². The Morgan fingerprint density at radius 1 is 1.12 bits per heavy atom. The molecule has 2 heterocycles. The van der Waals surface area contributed by atoms with Crippen LogP contribution in [0.5, 0.6) is 11.5 Å². The number of hydrogen-bond donors (Lipinski definition) is 1. The average molecular weight is 360 g/mol. The minimum Gasteiger partial charge on any atom is -0.497 e. The average Bonchev–Trinajstić information content (AvgIpc) is 3.13. The van der Waals surface area contributed by atoms with Crippen molar-refractivity contribution in [2.45, 2.75) is 24.8 Å². The number of methoxy groups -OCH3 is 2. The molecule has 0 aliphatic heterocycles. The van der Waals surface area contributed by atoms with Gasteiger partial charge in [0.25, 0.3) is 5.95 Å². The lowest BCUT2D eigenvalue weighted by molar-refractivity contribution is 0.400. The van der Waals surface area contributed by atoms with Crippen LogP contribution in [-0.4, -0.2) is 38.9 Å². The minimum absolute atomic E-state index is 0.478. The Labute approximate surface area is 149 Å². The lowest BCUT2D eigenvalue weighted by Gasteiger charge is -2.10. The van der Waals surface area contributed by atoms with Gasteiger partial charge in [-0.15, -0.1) is 10.2 Å². The maximum atomic E-state index is 6.16. The van der Waals surface area contributed by atoms with Gasteiger partial charge in [0.05, 0.1) is 19.9 Å². The van der Waals surface area contributed by atoms with E-state index in [9.17, 15) is 0 Å². The molecule has 0 fully saturated rings. The van der Waals surface area contributed by atoms with Crippen LogP contribution in [0, 0.1) is 13.8 Å². The number of aryl methyl sites for hydroxylation is 2. The number of hydrogen-bond acceptors (Lipinski definition) is 7. The Morgan fingerprint density at radius 2 is 1.92 bits per heavy atom. The molecule has 2 aromatic heterocycles. The second kappa shape index (κ2) is 7.06. The number of nitrogen functional groups attached to an aromatic ring is 1. The fourth-order valence-corrected chi connectivity index (χ4v) is 3.31. The van der Waals surface area contributed by atoms with E-state index in [1.165, 1.54) is 16.4 Å². The zero-order valence-electron chi connectivity index (χ0n) is 14.6. The second-order valence-electron chi connectivity index (χ2n) is 5.46. The zero-order valence-corrected chi connectivity index (χ0v) is 15.4. The van der Waals surface area contributed by atoms with Crippen LogP contribution in [0.25, 0.3) is 5.95 Å². The molecule has 8 nitrogen and oxygen atoms in total. The predicted octanol–water partition coefficient (Wildman–Crippen LogP) is 2.10. The molecule has 0 amide bonds. The van der Waals surface area contributed by atoms with Crippen LogP contribution in [0.3, 0.4) is 0 Å². The van der Waals surface area contributed by atoms with Gasteiger partial charge in [0, 0.05) is 17.0 Å². The number of aromatic nitrogens is 5. The largest absolute Gasteiger partial charge is 0.497 e. The van der Waals surface area contributed by atoms with Crippen molar-refractivity contribution >= 4 is 11.8 Å². The summed E-state index contributed by atoms with van der Waals surface area (Å²) in [4.78, 5) is 0. The van der Waals surface area contributed by atoms with Gasteiger partial charge in [-0.3, -0.25) is 0 Å². The van der Waals surface area contributed by atoms with Crippen LogP contribution < -0.4 is 15.3 Å². The molecule has 2 N–H and O–H groups in total. The molecule has 0 aliphatic rings. The molecule has 0 saturated carbocycles. The highest BCUT2D eigenvalue weighted by Gasteiger charge is 2.16. The monoisotopic (exact) mass is 360 g/mol. The molecule has 9 heteroatoms. The number of nitrogens with two attached hydrogens (primary N) is 1. The molecule has 132 valence electrons. The van der Waals surface area contributed by atoms with Gasteiger partial charge in [-0.25, -0.2) is 9.36 Å². The molecule has 0 radical (unpaired) electrons. The second-order valence-corrected chi connectivity index (χ2v) is 6.40. The van der Waals surface area contributed by atoms with Crippen molar-refractivity contribution in [1.29, 1.82) is 0 Å². The summed E-state index contributed by atoms with van der Waals surface area (Å²) in [7, 11) is 3.28. The number of rotatable bonds is 6. The summed E-state index contributed by atoms with van der Waals surface area (Å²) in [5.41, 5.74) is 2.83. The number of benzene rings is 1. The Bertz CT molecular complexity index is 889. The number of nitrogens with zero attached hydrogens (tertiary/aromatic N) is 5. The molecule has 3 rings (SSSR count). The Morgan fingerprint density at radius 3 is 2.56 bits per heavy atom. The quantitative estimate of drug-likeness (QED) is 0.531. The van der Waals surface area contributed by atoms with Crippen molar-refractivity contribution in [3.8, 4) is 17.4 Å². The first-order valence-corrected chi connectivity index (χ1v) is 8.60. The van der Waals surface area contributed by atoms with Crippen molar-refractivity contribution in [1.82, 2.24) is 24.7 Å². The third kappa shape index (κ3) is 3.41. The molecule has 0 unspecified atom stereocenters. The van der Waals surface area contributed by atoms with E-state index in [2.05, 4.69) is 15.3 Å². The third-order valence-corrected chi connectivity index (χ3v) is 4.68. The van der Waals surface area contributed by atoms with E-state index in [1.54, 1.807) is 18.9 Å². The van der Waals surface area contributed by atoms with Crippen LogP contribution >= 0.6 is 11.8 Å². The molecule has 0 spiro atoms. The smallest absolute Gasteiger partial charge is 0.271 e. The molecular weight excluding hydrogens is 340 g/mol. The first-order valence-electron chi connectivity index (χ1n) is 7.61. The molecule has 25 heavy (non-hydrogen) atoms. The molecule has 0 bridgehead atoms. The molecule has 1 aromatic carbocycles. The van der Waals surface area contributed by atoms with Gasteiger partial charge in [-0.1, -0.05) is 11.8 Å². The van der Waals surface area contributed by atoms with Crippen molar-refractivity contribution in [2.24, 2.45) is 0 Å². The topological polar surface area (TPSA) is 93.0 Å². The van der Waals surface area contributed by atoms with E-state index in [4.69, 9.17) is 15.3 Å². The predicted molar refractivity (Wildman–Crippen MR) is 95.9 cm³/mol. The van der Waals surface area contributed by atoms with E-state index in [0.717, 1.165) is 28.5 Å². The van der Waals surface area contributed by atoms with Crippen LogP contribution in [0.1, 0.15) is 17.0 Å². The van der Waals surface area contributed by atoms with Gasteiger partial charge >= 0.3 is 0 Å². The van der Waals surface area contributed by atoms with Crippen molar-refractivity contribution < 1.29 is 9.47 Å². The normalized spacial score (nSPS) is 10.9. The van der Waals surface area contributed by atoms with Gasteiger partial charge in [0.1, 0.15) is 11.5 Å². The fraction of sp³-hybridized carbons (Fsp3) is 0.312. The summed E-state index contributed by atoms with van der Waals surface area (Å²) in [6.45, 7) is 3.87. The van der Waals surface area contributed by atoms with Gasteiger partial charge in [0.2, 0.25) is 5.16 Å². The Hall–Kier alpha value is -2.68. The van der Waals surface area contributed by atoms with Gasteiger partial charge in [-0.05, 0) is 38.1 Å². The fourth-order valence-electron chi connectivity index (χ4n) is 2.48. The highest BCUT2D eigenvalue weighted by molar-refractivity contribution is 7.98. The summed E-state index contributed by atoms with van der Waals surface area (Å²) < 4.78 is 13.8. The molecule has 0 atom stereocenters. The first kappa shape index (κ1) is 17.2. The molecule has 0 saturated heterocycles. The van der Waals surface area contributed by atoms with Crippen LogP contribution in [0.15, 0.2) is 29.4 Å². The van der Waals surface area contributed by atoms with Crippen LogP contribution in [-0.2, 0) is 5.75 Å². The first-order chi connectivity index (χ1) is 12.0. The molecular formula is C16H20N6O2S. The standard InChI is InChI=1S/C16H20N6O2S/c1-10-7-11(2)22(20-10)15-18-19-16(21(15)17)25-9-12-8-13(23-3)5-6-14(12)24-4/h5-8H,9,17H2,1-4H3. The number of thioether (sulfide) groups is 1. The summed E-state index contributed by atoms with van der Waals surface area (Å²) in [5, 5.41) is 13.3. The van der Waals surface area contributed by atoms with Crippen LogP contribution in [0.2, 0.25) is 0 Å². The van der Waals surface area contributed by atoms with E-state index in [1.807, 2.05) is 38.1 Å².